The molecule has 0 saturated carbocycles. The first-order chi connectivity index (χ1) is 33.0. The fourth-order valence-corrected chi connectivity index (χ4v) is 8.80. The maximum Gasteiger partial charge on any atom is 0.305 e. The predicted octanol–water partition coefficient (Wildman–Crippen LogP) is 18.2. The van der Waals surface area contributed by atoms with E-state index in [-0.39, 0.29) is 18.5 Å². The maximum atomic E-state index is 12.5. The highest BCUT2D eigenvalue weighted by Gasteiger charge is 2.18. The molecule has 6 heteroatoms. The van der Waals surface area contributed by atoms with Gasteiger partial charge in [0.05, 0.1) is 25.4 Å². The monoisotopic (exact) mass is 940 g/mol. The second-order valence-corrected chi connectivity index (χ2v) is 20.0. The first kappa shape index (κ1) is 64.8. The van der Waals surface area contributed by atoms with Crippen molar-refractivity contribution >= 4 is 11.9 Å². The van der Waals surface area contributed by atoms with E-state index in [1.807, 2.05) is 6.08 Å². The molecule has 0 aromatic rings. The van der Waals surface area contributed by atoms with Crippen LogP contribution in [0, 0.1) is 0 Å². The quantitative estimate of drug-likeness (QED) is 0.0244. The molecule has 0 aromatic carbocycles. The Balaban J connectivity index is 3.52. The number of nitrogens with one attached hydrogen (secondary N) is 1. The van der Waals surface area contributed by atoms with E-state index in [4.69, 9.17) is 4.74 Å². The van der Waals surface area contributed by atoms with Crippen molar-refractivity contribution in [2.75, 3.05) is 13.2 Å². The molecule has 392 valence electrons. The highest BCUT2D eigenvalue weighted by molar-refractivity contribution is 5.76. The summed E-state index contributed by atoms with van der Waals surface area (Å²) in [4.78, 5) is 24.5. The topological polar surface area (TPSA) is 95.9 Å². The molecule has 6 nitrogen and oxygen atoms in total. The van der Waals surface area contributed by atoms with E-state index in [0.717, 1.165) is 77.0 Å². The number of carbonyl (C=O) groups excluding carboxylic acids is 2. The van der Waals surface area contributed by atoms with Crippen molar-refractivity contribution in [3.05, 3.63) is 48.6 Å². The van der Waals surface area contributed by atoms with Crippen molar-refractivity contribution in [2.24, 2.45) is 0 Å². The molecule has 67 heavy (non-hydrogen) atoms. The molecule has 1 amide bonds. The zero-order valence-corrected chi connectivity index (χ0v) is 44.6. The van der Waals surface area contributed by atoms with Gasteiger partial charge in [0, 0.05) is 12.8 Å². The molecule has 0 aliphatic heterocycles. The summed E-state index contributed by atoms with van der Waals surface area (Å²) in [5, 5.41) is 23.1. The number of esters is 1. The van der Waals surface area contributed by atoms with E-state index in [1.54, 1.807) is 6.08 Å². The van der Waals surface area contributed by atoms with Gasteiger partial charge in [0.2, 0.25) is 5.91 Å². The molecule has 0 aliphatic rings. The van der Waals surface area contributed by atoms with Gasteiger partial charge >= 0.3 is 5.97 Å². The number of hydrogen-bond donors (Lipinski definition) is 3. The minimum absolute atomic E-state index is 0.0238. The van der Waals surface area contributed by atoms with Crippen LogP contribution in [0.3, 0.4) is 0 Å². The second kappa shape index (κ2) is 56.4. The highest BCUT2D eigenvalue weighted by atomic mass is 16.5. The number of carbonyl (C=O) groups is 2. The normalized spacial score (nSPS) is 13.0. The molecular weight excluding hydrogens is 827 g/mol. The Labute approximate surface area is 416 Å². The summed E-state index contributed by atoms with van der Waals surface area (Å²) in [5.74, 6) is -0.101. The van der Waals surface area contributed by atoms with E-state index in [2.05, 4.69) is 55.6 Å². The third-order valence-electron chi connectivity index (χ3n) is 13.3. The fraction of sp³-hybridized carbons (Fsp3) is 0.836. The van der Waals surface area contributed by atoms with Crippen LogP contribution in [0.1, 0.15) is 303 Å². The second-order valence-electron chi connectivity index (χ2n) is 20.0. The Hall–Kier alpha value is -2.18. The summed E-state index contributed by atoms with van der Waals surface area (Å²) in [5.41, 5.74) is 0. The first-order valence-electron chi connectivity index (χ1n) is 29.4. The van der Waals surface area contributed by atoms with Gasteiger partial charge in [-0.05, 0) is 89.9 Å². The van der Waals surface area contributed by atoms with Crippen LogP contribution in [0.2, 0.25) is 0 Å². The summed E-state index contributed by atoms with van der Waals surface area (Å²) in [7, 11) is 0. The van der Waals surface area contributed by atoms with E-state index in [9.17, 15) is 19.8 Å². The Bertz CT molecular complexity index is 1130. The number of allylic oxidation sites excluding steroid dienone is 7. The van der Waals surface area contributed by atoms with Crippen molar-refractivity contribution in [2.45, 2.75) is 315 Å². The molecule has 0 radical (unpaired) electrons. The van der Waals surface area contributed by atoms with Crippen LogP contribution in [0.15, 0.2) is 48.6 Å². The molecule has 2 atom stereocenters. The molecule has 0 spiro atoms. The lowest BCUT2D eigenvalue weighted by Crippen LogP contribution is -2.45. The van der Waals surface area contributed by atoms with Gasteiger partial charge in [-0.3, -0.25) is 9.59 Å². The van der Waals surface area contributed by atoms with Crippen LogP contribution in [0.5, 0.6) is 0 Å². The number of aliphatic hydroxyl groups excluding tert-OH is 2. The fourth-order valence-electron chi connectivity index (χ4n) is 8.80. The lowest BCUT2D eigenvalue weighted by molar-refractivity contribution is -0.143. The number of rotatable bonds is 54. The summed E-state index contributed by atoms with van der Waals surface area (Å²) < 4.78 is 5.44. The number of ether oxygens (including phenoxy) is 1. The van der Waals surface area contributed by atoms with Crippen molar-refractivity contribution in [1.82, 2.24) is 5.32 Å². The zero-order chi connectivity index (χ0) is 48.6. The van der Waals surface area contributed by atoms with Gasteiger partial charge in [0.15, 0.2) is 0 Å². The summed E-state index contributed by atoms with van der Waals surface area (Å²) >= 11 is 0. The van der Waals surface area contributed by atoms with Gasteiger partial charge < -0.3 is 20.3 Å². The molecule has 3 N–H and O–H groups in total. The highest BCUT2D eigenvalue weighted by Crippen LogP contribution is 2.16. The Kier molecular flexibility index (Phi) is 54.6. The van der Waals surface area contributed by atoms with Crippen molar-refractivity contribution in [3.63, 3.8) is 0 Å². The third kappa shape index (κ3) is 53.0. The number of amides is 1. The standard InChI is InChI=1S/C61H113NO5/c1-3-5-7-9-11-13-15-17-18-19-23-26-30-33-37-41-45-49-53-59(64)58(57-63)62-60(65)54-50-46-42-38-34-31-27-24-21-20-22-25-28-32-36-40-44-48-52-56-67-61(66)55-51-47-43-39-35-29-16-14-12-10-8-6-4-2/h14,16,25,28,32,36,49,53,58-59,63-64H,3-13,15,17-24,26-27,29-31,33-35,37-48,50-52,54-57H2,1-2H3,(H,62,65)/b16-14-,28-25-,36-32-,53-49+. The van der Waals surface area contributed by atoms with Crippen LogP contribution in [-0.4, -0.2) is 47.4 Å². The smallest absolute Gasteiger partial charge is 0.305 e. The minimum atomic E-state index is -0.852. The molecule has 0 aromatic heterocycles. The number of unbranched alkanes of at least 4 members (excludes halogenated alkanes) is 38. The molecule has 0 bridgehead atoms. The zero-order valence-electron chi connectivity index (χ0n) is 44.6. The predicted molar refractivity (Wildman–Crippen MR) is 292 cm³/mol. The van der Waals surface area contributed by atoms with E-state index >= 15 is 0 Å². The molecule has 0 rings (SSSR count). The SMILES string of the molecule is CCCCCC/C=C\CCCCCCCC(=O)OCCCCC/C=C\C=C/CCCCCCCCCCCCC(=O)NC(CO)C(O)/C=C/CCCCCCCCCCCCCCCCCC. The average Bonchev–Trinajstić information content (AvgIpc) is 3.33. The molecule has 0 aliphatic carbocycles. The lowest BCUT2D eigenvalue weighted by atomic mass is 10.0. The Morgan fingerprint density at radius 3 is 1.16 bits per heavy atom. The van der Waals surface area contributed by atoms with Gasteiger partial charge in [0.25, 0.3) is 0 Å². The van der Waals surface area contributed by atoms with Gasteiger partial charge in [-0.2, -0.15) is 0 Å². The minimum Gasteiger partial charge on any atom is -0.466 e. The van der Waals surface area contributed by atoms with Crippen LogP contribution < -0.4 is 5.32 Å². The van der Waals surface area contributed by atoms with Crippen molar-refractivity contribution in [1.29, 1.82) is 0 Å². The third-order valence-corrected chi connectivity index (χ3v) is 13.3. The average molecular weight is 941 g/mol. The number of aliphatic hydroxyl groups is 2. The van der Waals surface area contributed by atoms with Crippen LogP contribution in [0.25, 0.3) is 0 Å². The van der Waals surface area contributed by atoms with E-state index in [1.165, 1.54) is 199 Å². The van der Waals surface area contributed by atoms with Crippen LogP contribution in [-0.2, 0) is 14.3 Å². The summed E-state index contributed by atoms with van der Waals surface area (Å²) in [6.07, 6.45) is 71.3. The summed E-state index contributed by atoms with van der Waals surface area (Å²) in [6, 6.07) is -0.637. The molecular formula is C61H113NO5. The molecule has 2 unspecified atom stereocenters. The maximum absolute atomic E-state index is 12.5. The lowest BCUT2D eigenvalue weighted by Gasteiger charge is -2.20. The summed E-state index contributed by atoms with van der Waals surface area (Å²) in [6.45, 7) is 4.85. The largest absolute Gasteiger partial charge is 0.466 e. The van der Waals surface area contributed by atoms with E-state index in [0.29, 0.717) is 19.4 Å². The van der Waals surface area contributed by atoms with Gasteiger partial charge in [-0.25, -0.2) is 0 Å². The Morgan fingerprint density at radius 1 is 0.418 bits per heavy atom. The number of hydrogen-bond acceptors (Lipinski definition) is 5. The van der Waals surface area contributed by atoms with Gasteiger partial charge in [-0.15, -0.1) is 0 Å². The van der Waals surface area contributed by atoms with Crippen molar-refractivity contribution < 1.29 is 24.5 Å². The van der Waals surface area contributed by atoms with Gasteiger partial charge in [0.1, 0.15) is 0 Å². The van der Waals surface area contributed by atoms with Gasteiger partial charge in [-0.1, -0.05) is 249 Å². The van der Waals surface area contributed by atoms with Crippen molar-refractivity contribution in [3.8, 4) is 0 Å². The molecule has 0 heterocycles. The first-order valence-corrected chi connectivity index (χ1v) is 29.4. The molecule has 0 fully saturated rings. The van der Waals surface area contributed by atoms with Crippen LogP contribution in [0.4, 0.5) is 0 Å². The van der Waals surface area contributed by atoms with Crippen LogP contribution >= 0.6 is 0 Å². The van der Waals surface area contributed by atoms with E-state index < -0.39 is 12.1 Å². The molecule has 0 saturated heterocycles. The Morgan fingerprint density at radius 2 is 0.746 bits per heavy atom.